The van der Waals surface area contributed by atoms with Crippen molar-refractivity contribution in [3.05, 3.63) is 174 Å². The first-order chi connectivity index (χ1) is 20.1. The fraction of sp³-hybridized carbons (Fsp3) is 0.0270. The first-order valence-electron chi connectivity index (χ1n) is 13.7. The zero-order chi connectivity index (χ0) is 27.6. The Hall–Kier alpha value is -4.93. The van der Waals surface area contributed by atoms with Crippen LogP contribution in [-0.4, -0.2) is 13.0 Å². The van der Waals surface area contributed by atoms with E-state index in [1.807, 2.05) is 97.1 Å². The molecule has 0 spiro atoms. The van der Waals surface area contributed by atoms with Crippen LogP contribution in [0.2, 0.25) is 0 Å². The molecule has 0 amide bonds. The molecule has 1 aliphatic heterocycles. The summed E-state index contributed by atoms with van der Waals surface area (Å²) >= 11 is 0. The first kappa shape index (κ1) is 23.9. The van der Waals surface area contributed by atoms with E-state index in [2.05, 4.69) is 53.1 Å². The van der Waals surface area contributed by atoms with Gasteiger partial charge in [-0.05, 0) is 52.6 Å². The fourth-order valence-corrected chi connectivity index (χ4v) is 8.87. The Morgan fingerprint density at radius 2 is 1.05 bits per heavy atom. The molecule has 0 N–H and O–H groups in total. The van der Waals surface area contributed by atoms with Crippen LogP contribution in [0.1, 0.15) is 22.3 Å². The molecule has 0 unspecified atom stereocenters. The van der Waals surface area contributed by atoms with Gasteiger partial charge in [0.2, 0.25) is 9.84 Å². The number of hydrogen-bond donors (Lipinski definition) is 0. The third-order valence-corrected chi connectivity index (χ3v) is 10.4. The summed E-state index contributed by atoms with van der Waals surface area (Å²) in [7, 11) is -3.89. The molecule has 0 atom stereocenters. The van der Waals surface area contributed by atoms with E-state index in [4.69, 9.17) is 0 Å². The Labute approximate surface area is 238 Å². The van der Waals surface area contributed by atoms with Gasteiger partial charge >= 0.3 is 0 Å². The third kappa shape index (κ3) is 3.17. The van der Waals surface area contributed by atoms with E-state index in [-0.39, 0.29) is 0 Å². The van der Waals surface area contributed by atoms with Crippen LogP contribution >= 0.6 is 0 Å². The van der Waals surface area contributed by atoms with Gasteiger partial charge in [0.15, 0.2) is 0 Å². The molecule has 41 heavy (non-hydrogen) atoms. The smallest absolute Gasteiger partial charge is 0.207 e. The molecule has 3 nitrogen and oxygen atoms in total. The normalized spacial score (nSPS) is 14.9. The molecule has 6 aromatic carbocycles. The molecule has 0 aliphatic carbocycles. The minimum absolute atomic E-state index is 0.351. The van der Waals surface area contributed by atoms with Crippen molar-refractivity contribution in [2.75, 3.05) is 0 Å². The SMILES string of the molecule is O=S1(=O)c2ccccc2C(c2ccccc2)(c2ccccc2)c2ccc3c(c21)c1ccccc1n3-c1ccccc1. The van der Waals surface area contributed by atoms with Gasteiger partial charge in [0.25, 0.3) is 0 Å². The maximum Gasteiger partial charge on any atom is 0.207 e. The molecule has 7 aromatic rings. The largest absolute Gasteiger partial charge is 0.309 e. The Kier molecular flexibility index (Phi) is 5.12. The maximum absolute atomic E-state index is 14.8. The van der Waals surface area contributed by atoms with Crippen molar-refractivity contribution >= 4 is 31.6 Å². The van der Waals surface area contributed by atoms with E-state index >= 15 is 0 Å². The zero-order valence-electron chi connectivity index (χ0n) is 22.1. The second-order valence-electron chi connectivity index (χ2n) is 10.5. The van der Waals surface area contributed by atoms with E-state index < -0.39 is 15.3 Å². The van der Waals surface area contributed by atoms with Gasteiger partial charge in [0.1, 0.15) is 0 Å². The highest BCUT2D eigenvalue weighted by atomic mass is 32.2. The molecular formula is C37H25NO2S. The molecule has 1 aromatic heterocycles. The number of benzene rings is 6. The van der Waals surface area contributed by atoms with Crippen LogP contribution in [0.3, 0.4) is 0 Å². The van der Waals surface area contributed by atoms with E-state index in [0.29, 0.717) is 9.79 Å². The predicted molar refractivity (Wildman–Crippen MR) is 165 cm³/mol. The average molecular weight is 548 g/mol. The molecular weight excluding hydrogens is 522 g/mol. The Morgan fingerprint density at radius 3 is 1.73 bits per heavy atom. The van der Waals surface area contributed by atoms with Crippen molar-refractivity contribution in [3.63, 3.8) is 0 Å². The minimum atomic E-state index is -3.89. The maximum atomic E-state index is 14.8. The summed E-state index contributed by atoms with van der Waals surface area (Å²) in [6.07, 6.45) is 0. The van der Waals surface area contributed by atoms with Crippen molar-refractivity contribution < 1.29 is 8.42 Å². The van der Waals surface area contributed by atoms with Gasteiger partial charge in [0, 0.05) is 16.5 Å². The standard InChI is InChI=1S/C37H25NO2S/c39-41(40)34-23-13-11-21-30(34)37(26-14-4-1-5-15-26,27-16-6-2-7-17-27)31-24-25-33-35(36(31)41)29-20-10-12-22-32(29)38(33)28-18-8-3-9-19-28/h1-25H. The molecule has 0 saturated carbocycles. The van der Waals surface area contributed by atoms with Crippen molar-refractivity contribution in [3.8, 4) is 5.69 Å². The second kappa shape index (κ2) is 8.79. The highest BCUT2D eigenvalue weighted by Crippen LogP contribution is 2.55. The molecule has 4 heteroatoms. The van der Waals surface area contributed by atoms with E-state index in [1.54, 1.807) is 6.07 Å². The summed E-state index contributed by atoms with van der Waals surface area (Å²) in [5.41, 5.74) is 5.61. The van der Waals surface area contributed by atoms with Crippen molar-refractivity contribution in [2.24, 2.45) is 0 Å². The lowest BCUT2D eigenvalue weighted by atomic mass is 9.64. The van der Waals surface area contributed by atoms with Gasteiger partial charge in [-0.1, -0.05) is 121 Å². The van der Waals surface area contributed by atoms with Gasteiger partial charge in [-0.2, -0.15) is 0 Å². The molecule has 0 saturated heterocycles. The highest BCUT2D eigenvalue weighted by molar-refractivity contribution is 7.92. The zero-order valence-corrected chi connectivity index (χ0v) is 22.9. The topological polar surface area (TPSA) is 39.1 Å². The molecule has 1 aliphatic rings. The Balaban J connectivity index is 1.64. The summed E-state index contributed by atoms with van der Waals surface area (Å²) in [5.74, 6) is 0. The minimum Gasteiger partial charge on any atom is -0.309 e. The number of aromatic nitrogens is 1. The van der Waals surface area contributed by atoms with Crippen LogP contribution in [0.4, 0.5) is 0 Å². The molecule has 0 radical (unpaired) electrons. The summed E-state index contributed by atoms with van der Waals surface area (Å²) in [6, 6.07) is 50.5. The molecule has 0 bridgehead atoms. The lowest BCUT2D eigenvalue weighted by Crippen LogP contribution is -2.37. The number of nitrogens with zero attached hydrogens (tertiary/aromatic N) is 1. The van der Waals surface area contributed by atoms with Crippen LogP contribution < -0.4 is 0 Å². The van der Waals surface area contributed by atoms with E-state index in [9.17, 15) is 8.42 Å². The van der Waals surface area contributed by atoms with E-state index in [1.165, 1.54) is 0 Å². The molecule has 0 fully saturated rings. The first-order valence-corrected chi connectivity index (χ1v) is 15.2. The van der Waals surface area contributed by atoms with Gasteiger partial charge in [0.05, 0.1) is 26.2 Å². The second-order valence-corrected chi connectivity index (χ2v) is 12.4. The Morgan fingerprint density at radius 1 is 0.488 bits per heavy atom. The monoisotopic (exact) mass is 547 g/mol. The van der Waals surface area contributed by atoms with Crippen LogP contribution in [0.5, 0.6) is 0 Å². The summed E-state index contributed by atoms with van der Waals surface area (Å²) in [5, 5.41) is 1.67. The van der Waals surface area contributed by atoms with Gasteiger partial charge in [-0.3, -0.25) is 0 Å². The third-order valence-electron chi connectivity index (χ3n) is 8.47. The van der Waals surface area contributed by atoms with Crippen molar-refractivity contribution in [1.29, 1.82) is 0 Å². The molecule has 8 rings (SSSR count). The predicted octanol–water partition coefficient (Wildman–Crippen LogP) is 8.31. The number of hydrogen-bond acceptors (Lipinski definition) is 2. The van der Waals surface area contributed by atoms with Crippen LogP contribution in [0.15, 0.2) is 161 Å². The fourth-order valence-electron chi connectivity index (χ4n) is 6.89. The summed E-state index contributed by atoms with van der Waals surface area (Å²) in [4.78, 5) is 0.733. The van der Waals surface area contributed by atoms with Crippen molar-refractivity contribution in [1.82, 2.24) is 4.57 Å². The average Bonchev–Trinajstić information content (AvgIpc) is 3.37. The number of rotatable bonds is 3. The highest BCUT2D eigenvalue weighted by Gasteiger charge is 2.49. The Bertz CT molecular complexity index is 2160. The van der Waals surface area contributed by atoms with Crippen LogP contribution in [0.25, 0.3) is 27.5 Å². The molecule has 196 valence electrons. The quantitative estimate of drug-likeness (QED) is 0.223. The summed E-state index contributed by atoms with van der Waals surface area (Å²) < 4.78 is 31.9. The lowest BCUT2D eigenvalue weighted by Gasteiger charge is -2.42. The number of fused-ring (bicyclic) bond motifs is 6. The number of sulfone groups is 1. The lowest BCUT2D eigenvalue weighted by molar-refractivity contribution is 0.580. The van der Waals surface area contributed by atoms with E-state index in [0.717, 1.165) is 49.7 Å². The number of para-hydroxylation sites is 2. The van der Waals surface area contributed by atoms with Crippen molar-refractivity contribution in [2.45, 2.75) is 15.2 Å². The van der Waals surface area contributed by atoms with Crippen LogP contribution in [-0.2, 0) is 15.3 Å². The van der Waals surface area contributed by atoms with Gasteiger partial charge in [-0.15, -0.1) is 0 Å². The van der Waals surface area contributed by atoms with Gasteiger partial charge in [-0.25, -0.2) is 8.42 Å². The van der Waals surface area contributed by atoms with Crippen LogP contribution in [0, 0.1) is 0 Å². The van der Waals surface area contributed by atoms with Gasteiger partial charge < -0.3 is 4.57 Å². The molecule has 2 heterocycles. The summed E-state index contributed by atoms with van der Waals surface area (Å²) in [6.45, 7) is 0.